The first kappa shape index (κ1) is 12.0. The Morgan fingerprint density at radius 1 is 1.28 bits per heavy atom. The molecule has 0 bridgehead atoms. The number of allylic oxidation sites excluding steroid dienone is 1. The van der Waals surface area contributed by atoms with Gasteiger partial charge in [-0.25, -0.2) is 9.67 Å². The standard InChI is InChI=1S/C13H14N4O/c1-16(2)8-12(17-10-14-9-15-17)13(18)11-6-4-3-5-7-11/h3-10H,1-2H3. The van der Waals surface area contributed by atoms with Crippen LogP contribution in [0.5, 0.6) is 0 Å². The van der Waals surface area contributed by atoms with Crippen LogP contribution in [0.3, 0.4) is 0 Å². The average molecular weight is 242 g/mol. The molecule has 2 rings (SSSR count). The first-order valence-corrected chi connectivity index (χ1v) is 5.51. The summed E-state index contributed by atoms with van der Waals surface area (Å²) in [4.78, 5) is 18.1. The number of carbonyl (C=O) groups is 1. The number of carbonyl (C=O) groups excluding carboxylic acids is 1. The van der Waals surface area contributed by atoms with E-state index >= 15 is 0 Å². The molecule has 0 N–H and O–H groups in total. The van der Waals surface area contributed by atoms with E-state index in [1.807, 2.05) is 32.3 Å². The highest BCUT2D eigenvalue weighted by atomic mass is 16.1. The van der Waals surface area contributed by atoms with Crippen molar-refractivity contribution in [2.75, 3.05) is 14.1 Å². The van der Waals surface area contributed by atoms with Crippen LogP contribution in [-0.2, 0) is 0 Å². The summed E-state index contributed by atoms with van der Waals surface area (Å²) >= 11 is 0. The molecule has 0 saturated carbocycles. The number of nitrogens with zero attached hydrogens (tertiary/aromatic N) is 4. The van der Waals surface area contributed by atoms with Gasteiger partial charge in [-0.2, -0.15) is 5.10 Å². The Labute approximate surface area is 105 Å². The smallest absolute Gasteiger partial charge is 0.212 e. The maximum atomic E-state index is 12.4. The van der Waals surface area contributed by atoms with E-state index in [2.05, 4.69) is 10.1 Å². The second-order valence-corrected chi connectivity index (χ2v) is 4.01. The molecule has 0 fully saturated rings. The fraction of sp³-hybridized carbons (Fsp3) is 0.154. The maximum Gasteiger partial charge on any atom is 0.212 e. The number of rotatable bonds is 4. The van der Waals surface area contributed by atoms with Gasteiger partial charge in [0.05, 0.1) is 0 Å². The topological polar surface area (TPSA) is 51.0 Å². The summed E-state index contributed by atoms with van der Waals surface area (Å²) < 4.78 is 1.47. The summed E-state index contributed by atoms with van der Waals surface area (Å²) in [6.45, 7) is 0. The highest BCUT2D eigenvalue weighted by Gasteiger charge is 2.14. The van der Waals surface area contributed by atoms with Crippen LogP contribution in [0, 0.1) is 0 Å². The van der Waals surface area contributed by atoms with E-state index < -0.39 is 0 Å². The van der Waals surface area contributed by atoms with Gasteiger partial charge in [-0.3, -0.25) is 4.79 Å². The molecule has 0 saturated heterocycles. The third-order valence-electron chi connectivity index (χ3n) is 2.31. The number of hydrogen-bond acceptors (Lipinski definition) is 4. The zero-order valence-corrected chi connectivity index (χ0v) is 10.3. The Kier molecular flexibility index (Phi) is 3.52. The number of aromatic nitrogens is 3. The summed E-state index contributed by atoms with van der Waals surface area (Å²) in [7, 11) is 3.71. The zero-order chi connectivity index (χ0) is 13.0. The van der Waals surface area contributed by atoms with E-state index in [0.717, 1.165) is 0 Å². The van der Waals surface area contributed by atoms with Crippen molar-refractivity contribution >= 4 is 11.5 Å². The molecule has 0 atom stereocenters. The van der Waals surface area contributed by atoms with Gasteiger partial charge in [0, 0.05) is 25.9 Å². The van der Waals surface area contributed by atoms with Crippen molar-refractivity contribution in [3.8, 4) is 0 Å². The van der Waals surface area contributed by atoms with Crippen molar-refractivity contribution in [3.05, 3.63) is 54.7 Å². The number of ketones is 1. The van der Waals surface area contributed by atoms with Crippen LogP contribution in [0.25, 0.3) is 5.70 Å². The predicted molar refractivity (Wildman–Crippen MR) is 68.8 cm³/mol. The van der Waals surface area contributed by atoms with Gasteiger partial charge in [-0.05, 0) is 0 Å². The van der Waals surface area contributed by atoms with Gasteiger partial charge < -0.3 is 4.90 Å². The molecule has 0 aliphatic carbocycles. The van der Waals surface area contributed by atoms with Crippen LogP contribution in [0.2, 0.25) is 0 Å². The molecule has 18 heavy (non-hydrogen) atoms. The van der Waals surface area contributed by atoms with E-state index in [9.17, 15) is 4.79 Å². The normalized spacial score (nSPS) is 11.3. The molecule has 1 aromatic carbocycles. The third-order valence-corrected chi connectivity index (χ3v) is 2.31. The quantitative estimate of drug-likeness (QED) is 0.602. The number of benzene rings is 1. The molecule has 0 spiro atoms. The molecular weight excluding hydrogens is 228 g/mol. The first-order valence-electron chi connectivity index (χ1n) is 5.51. The van der Waals surface area contributed by atoms with Gasteiger partial charge in [0.1, 0.15) is 18.4 Å². The molecule has 0 unspecified atom stereocenters. The van der Waals surface area contributed by atoms with Gasteiger partial charge in [-0.1, -0.05) is 30.3 Å². The van der Waals surface area contributed by atoms with Crippen LogP contribution < -0.4 is 0 Å². The number of hydrogen-bond donors (Lipinski definition) is 0. The van der Waals surface area contributed by atoms with E-state index in [1.54, 1.807) is 23.2 Å². The van der Waals surface area contributed by atoms with Crippen molar-refractivity contribution in [2.45, 2.75) is 0 Å². The summed E-state index contributed by atoms with van der Waals surface area (Å²) in [6.07, 6.45) is 4.64. The molecule has 0 aliphatic rings. The summed E-state index contributed by atoms with van der Waals surface area (Å²) in [5.74, 6) is -0.0881. The number of Topliss-reactive ketones (excluding diaryl/α,β-unsaturated/α-hetero) is 1. The van der Waals surface area contributed by atoms with Crippen molar-refractivity contribution in [2.24, 2.45) is 0 Å². The Balaban J connectivity index is 2.40. The highest BCUT2D eigenvalue weighted by Crippen LogP contribution is 2.12. The van der Waals surface area contributed by atoms with Crippen LogP contribution in [0.1, 0.15) is 10.4 Å². The van der Waals surface area contributed by atoms with Crippen LogP contribution >= 0.6 is 0 Å². The van der Waals surface area contributed by atoms with E-state index in [4.69, 9.17) is 0 Å². The van der Waals surface area contributed by atoms with Crippen molar-refractivity contribution < 1.29 is 4.79 Å². The molecule has 0 aliphatic heterocycles. The second kappa shape index (κ2) is 5.27. The molecule has 5 heteroatoms. The maximum absolute atomic E-state index is 12.4. The summed E-state index contributed by atoms with van der Waals surface area (Å²) in [6, 6.07) is 9.11. The van der Waals surface area contributed by atoms with Gasteiger partial charge in [0.15, 0.2) is 0 Å². The fourth-order valence-corrected chi connectivity index (χ4v) is 1.54. The van der Waals surface area contributed by atoms with Crippen molar-refractivity contribution in [1.29, 1.82) is 0 Å². The van der Waals surface area contributed by atoms with Crippen LogP contribution in [-0.4, -0.2) is 39.5 Å². The molecule has 1 heterocycles. The van der Waals surface area contributed by atoms with Gasteiger partial charge >= 0.3 is 0 Å². The first-order chi connectivity index (χ1) is 8.68. The van der Waals surface area contributed by atoms with Crippen LogP contribution in [0.4, 0.5) is 0 Å². The van der Waals surface area contributed by atoms with E-state index in [1.165, 1.54) is 17.3 Å². The molecular formula is C13H14N4O. The summed E-state index contributed by atoms with van der Waals surface area (Å²) in [5.41, 5.74) is 1.09. The van der Waals surface area contributed by atoms with E-state index in [-0.39, 0.29) is 5.78 Å². The minimum atomic E-state index is -0.0881. The van der Waals surface area contributed by atoms with Gasteiger partial charge in [-0.15, -0.1) is 0 Å². The molecule has 92 valence electrons. The minimum absolute atomic E-state index is 0.0881. The predicted octanol–water partition coefficient (Wildman–Crippen LogP) is 1.52. The zero-order valence-electron chi connectivity index (χ0n) is 10.3. The largest absolute Gasteiger partial charge is 0.382 e. The Bertz CT molecular complexity index is 544. The third kappa shape index (κ3) is 2.63. The molecule has 5 nitrogen and oxygen atoms in total. The molecule has 0 amide bonds. The molecule has 0 radical (unpaired) electrons. The lowest BCUT2D eigenvalue weighted by Crippen LogP contribution is -2.14. The molecule has 1 aromatic heterocycles. The monoisotopic (exact) mass is 242 g/mol. The van der Waals surface area contributed by atoms with Crippen molar-refractivity contribution in [3.63, 3.8) is 0 Å². The lowest BCUT2D eigenvalue weighted by atomic mass is 10.1. The average Bonchev–Trinajstić information content (AvgIpc) is 2.89. The van der Waals surface area contributed by atoms with Crippen LogP contribution in [0.15, 0.2) is 49.2 Å². The lowest BCUT2D eigenvalue weighted by molar-refractivity contribution is 0.104. The molecule has 2 aromatic rings. The lowest BCUT2D eigenvalue weighted by Gasteiger charge is -2.10. The van der Waals surface area contributed by atoms with Gasteiger partial charge in [0.25, 0.3) is 0 Å². The van der Waals surface area contributed by atoms with E-state index in [0.29, 0.717) is 11.3 Å². The Morgan fingerprint density at radius 2 is 2.00 bits per heavy atom. The Morgan fingerprint density at radius 3 is 2.56 bits per heavy atom. The van der Waals surface area contributed by atoms with Crippen molar-refractivity contribution in [1.82, 2.24) is 19.7 Å². The Hall–Kier alpha value is -2.43. The van der Waals surface area contributed by atoms with Gasteiger partial charge in [0.2, 0.25) is 5.78 Å². The summed E-state index contributed by atoms with van der Waals surface area (Å²) in [5, 5.41) is 4.01. The highest BCUT2D eigenvalue weighted by molar-refractivity contribution is 6.24. The SMILES string of the molecule is CN(C)C=C(C(=O)c1ccccc1)n1cncn1. The minimum Gasteiger partial charge on any atom is -0.382 e. The fourth-order valence-electron chi connectivity index (χ4n) is 1.54. The second-order valence-electron chi connectivity index (χ2n) is 4.01.